The van der Waals surface area contributed by atoms with E-state index in [1.54, 1.807) is 13.8 Å². The van der Waals surface area contributed by atoms with Crippen molar-refractivity contribution >= 4 is 0 Å². The van der Waals surface area contributed by atoms with Gasteiger partial charge in [-0.05, 0) is 13.3 Å². The highest BCUT2D eigenvalue weighted by Crippen LogP contribution is 2.18. The minimum absolute atomic E-state index is 0.124. The summed E-state index contributed by atoms with van der Waals surface area (Å²) in [5.41, 5.74) is 0. The van der Waals surface area contributed by atoms with E-state index in [4.69, 9.17) is 9.47 Å². The molecule has 0 aromatic heterocycles. The lowest BCUT2D eigenvalue weighted by molar-refractivity contribution is -0.272. The number of hydrogen-bond acceptors (Lipinski definition) is 5. The zero-order valence-corrected chi connectivity index (χ0v) is 8.46. The Morgan fingerprint density at radius 3 is 2.64 bits per heavy atom. The van der Waals surface area contributed by atoms with Crippen molar-refractivity contribution in [1.29, 1.82) is 0 Å². The maximum absolute atomic E-state index is 9.64. The quantitative estimate of drug-likeness (QED) is 0.565. The average molecular weight is 206 g/mol. The molecule has 3 N–H and O–H groups in total. The van der Waals surface area contributed by atoms with Gasteiger partial charge in [-0.2, -0.15) is 0 Å². The van der Waals surface area contributed by atoms with Gasteiger partial charge in [0.1, 0.15) is 18.3 Å². The van der Waals surface area contributed by atoms with Crippen molar-refractivity contribution in [1.82, 2.24) is 0 Å². The SMILES string of the molecule is CC[C@H](O)[C@@H](O)[C@@H]1OC(C)OC[C@H]1O. The van der Waals surface area contributed by atoms with Crippen LogP contribution in [0.5, 0.6) is 0 Å². The minimum Gasteiger partial charge on any atom is -0.390 e. The van der Waals surface area contributed by atoms with E-state index < -0.39 is 30.7 Å². The van der Waals surface area contributed by atoms with E-state index in [9.17, 15) is 15.3 Å². The summed E-state index contributed by atoms with van der Waals surface area (Å²) in [4.78, 5) is 0. The van der Waals surface area contributed by atoms with Crippen LogP contribution in [0.1, 0.15) is 20.3 Å². The second-order valence-electron chi connectivity index (χ2n) is 3.54. The van der Waals surface area contributed by atoms with Gasteiger partial charge in [0.15, 0.2) is 6.29 Å². The van der Waals surface area contributed by atoms with Gasteiger partial charge in [0, 0.05) is 0 Å². The standard InChI is InChI=1S/C9H18O5/c1-3-6(10)8(12)9-7(11)4-13-5(2)14-9/h5-12H,3-4H2,1-2H3/t5?,6-,7+,8+,9+/m0/s1. The minimum atomic E-state index is -1.07. The number of rotatable bonds is 3. The molecular weight excluding hydrogens is 188 g/mol. The summed E-state index contributed by atoms with van der Waals surface area (Å²) in [5, 5.41) is 28.5. The van der Waals surface area contributed by atoms with Crippen LogP contribution in [-0.2, 0) is 9.47 Å². The molecule has 1 heterocycles. The van der Waals surface area contributed by atoms with Crippen LogP contribution in [0.15, 0.2) is 0 Å². The van der Waals surface area contributed by atoms with Crippen LogP contribution in [0.3, 0.4) is 0 Å². The van der Waals surface area contributed by atoms with Gasteiger partial charge in [-0.1, -0.05) is 6.92 Å². The molecule has 1 rings (SSSR count). The molecule has 0 aliphatic carbocycles. The first-order valence-electron chi connectivity index (χ1n) is 4.87. The van der Waals surface area contributed by atoms with E-state index in [2.05, 4.69) is 0 Å². The highest BCUT2D eigenvalue weighted by molar-refractivity contribution is 4.83. The normalized spacial score (nSPS) is 37.9. The Morgan fingerprint density at radius 1 is 1.43 bits per heavy atom. The second kappa shape index (κ2) is 5.04. The summed E-state index contributed by atoms with van der Waals surface area (Å²) in [7, 11) is 0. The summed E-state index contributed by atoms with van der Waals surface area (Å²) in [6, 6.07) is 0. The van der Waals surface area contributed by atoms with E-state index in [1.807, 2.05) is 0 Å². The molecule has 0 radical (unpaired) electrons. The average Bonchev–Trinajstić information content (AvgIpc) is 2.19. The van der Waals surface area contributed by atoms with Crippen molar-refractivity contribution < 1.29 is 24.8 Å². The smallest absolute Gasteiger partial charge is 0.155 e. The Kier molecular flexibility index (Phi) is 4.28. The molecule has 0 bridgehead atoms. The molecular formula is C9H18O5. The molecule has 14 heavy (non-hydrogen) atoms. The first-order valence-corrected chi connectivity index (χ1v) is 4.87. The molecule has 0 saturated carbocycles. The van der Waals surface area contributed by atoms with Crippen LogP contribution < -0.4 is 0 Å². The topological polar surface area (TPSA) is 79.2 Å². The van der Waals surface area contributed by atoms with Gasteiger partial charge >= 0.3 is 0 Å². The van der Waals surface area contributed by atoms with E-state index in [0.29, 0.717) is 6.42 Å². The van der Waals surface area contributed by atoms with Gasteiger partial charge in [-0.15, -0.1) is 0 Å². The fourth-order valence-corrected chi connectivity index (χ4v) is 1.45. The molecule has 5 atom stereocenters. The van der Waals surface area contributed by atoms with Crippen molar-refractivity contribution in [3.63, 3.8) is 0 Å². The first kappa shape index (κ1) is 11.9. The third kappa shape index (κ3) is 2.65. The fraction of sp³-hybridized carbons (Fsp3) is 1.00. The van der Waals surface area contributed by atoms with Crippen LogP contribution in [0.25, 0.3) is 0 Å². The Hall–Kier alpha value is -0.200. The maximum Gasteiger partial charge on any atom is 0.155 e. The van der Waals surface area contributed by atoms with E-state index in [0.717, 1.165) is 0 Å². The summed E-state index contributed by atoms with van der Waals surface area (Å²) in [6.07, 6.45) is -3.64. The lowest BCUT2D eigenvalue weighted by Gasteiger charge is -2.36. The summed E-state index contributed by atoms with van der Waals surface area (Å²) in [5.74, 6) is 0. The molecule has 0 aromatic carbocycles. The first-order chi connectivity index (χ1) is 6.56. The molecule has 1 fully saturated rings. The molecule has 0 amide bonds. The van der Waals surface area contributed by atoms with Crippen LogP contribution in [-0.4, -0.2) is 52.6 Å². The lowest BCUT2D eigenvalue weighted by atomic mass is 10.0. The molecule has 84 valence electrons. The van der Waals surface area contributed by atoms with Gasteiger partial charge in [0.2, 0.25) is 0 Å². The van der Waals surface area contributed by atoms with Crippen molar-refractivity contribution in [3.8, 4) is 0 Å². The summed E-state index contributed by atoms with van der Waals surface area (Å²) in [6.45, 7) is 3.56. The lowest BCUT2D eigenvalue weighted by Crippen LogP contribution is -2.52. The molecule has 0 spiro atoms. The van der Waals surface area contributed by atoms with Crippen LogP contribution in [0, 0.1) is 0 Å². The Bertz CT molecular complexity index is 175. The molecule has 1 aliphatic rings. The van der Waals surface area contributed by atoms with Crippen molar-refractivity contribution in [3.05, 3.63) is 0 Å². The highest BCUT2D eigenvalue weighted by Gasteiger charge is 2.36. The van der Waals surface area contributed by atoms with Crippen LogP contribution in [0.4, 0.5) is 0 Å². The second-order valence-corrected chi connectivity index (χ2v) is 3.54. The summed E-state index contributed by atoms with van der Waals surface area (Å²) >= 11 is 0. The number of aliphatic hydroxyl groups excluding tert-OH is 3. The van der Waals surface area contributed by atoms with Crippen molar-refractivity contribution in [2.24, 2.45) is 0 Å². The molecule has 1 aliphatic heterocycles. The van der Waals surface area contributed by atoms with Gasteiger partial charge in [-0.3, -0.25) is 0 Å². The van der Waals surface area contributed by atoms with Gasteiger partial charge in [-0.25, -0.2) is 0 Å². The Labute approximate surface area is 83.3 Å². The highest BCUT2D eigenvalue weighted by atomic mass is 16.7. The number of ether oxygens (including phenoxy) is 2. The predicted octanol–water partition coefficient (Wildman–Crippen LogP) is -0.760. The number of aliphatic hydroxyl groups is 3. The molecule has 0 aromatic rings. The van der Waals surface area contributed by atoms with Crippen molar-refractivity contribution in [2.75, 3.05) is 6.61 Å². The van der Waals surface area contributed by atoms with E-state index in [1.165, 1.54) is 0 Å². The summed E-state index contributed by atoms with van der Waals surface area (Å²) < 4.78 is 10.2. The third-order valence-corrected chi connectivity index (χ3v) is 2.38. The molecule has 5 heteroatoms. The Balaban J connectivity index is 2.55. The van der Waals surface area contributed by atoms with E-state index in [-0.39, 0.29) is 6.61 Å². The van der Waals surface area contributed by atoms with Crippen LogP contribution >= 0.6 is 0 Å². The van der Waals surface area contributed by atoms with Crippen molar-refractivity contribution in [2.45, 2.75) is 51.0 Å². The largest absolute Gasteiger partial charge is 0.390 e. The monoisotopic (exact) mass is 206 g/mol. The fourth-order valence-electron chi connectivity index (χ4n) is 1.45. The van der Waals surface area contributed by atoms with E-state index >= 15 is 0 Å². The van der Waals surface area contributed by atoms with Gasteiger partial charge in [0.05, 0.1) is 12.7 Å². The zero-order valence-electron chi connectivity index (χ0n) is 8.46. The number of hydrogen-bond donors (Lipinski definition) is 3. The van der Waals surface area contributed by atoms with Gasteiger partial charge in [0.25, 0.3) is 0 Å². The van der Waals surface area contributed by atoms with Crippen LogP contribution in [0.2, 0.25) is 0 Å². The van der Waals surface area contributed by atoms with Gasteiger partial charge < -0.3 is 24.8 Å². The molecule has 1 unspecified atom stereocenters. The maximum atomic E-state index is 9.64. The Morgan fingerprint density at radius 2 is 2.07 bits per heavy atom. The third-order valence-electron chi connectivity index (χ3n) is 2.38. The molecule has 1 saturated heterocycles. The zero-order chi connectivity index (χ0) is 10.7. The molecule has 5 nitrogen and oxygen atoms in total. The predicted molar refractivity (Wildman–Crippen MR) is 48.6 cm³/mol.